The molecule has 1 heterocycles. The third-order valence-corrected chi connectivity index (χ3v) is 3.32. The third kappa shape index (κ3) is 2.08. The van der Waals surface area contributed by atoms with E-state index in [4.69, 9.17) is 4.74 Å². The molecule has 1 aliphatic rings. The molecule has 0 bridgehead atoms. The summed E-state index contributed by atoms with van der Waals surface area (Å²) in [5.74, 6) is 1.81. The molecule has 0 aliphatic carbocycles. The lowest BCUT2D eigenvalue weighted by atomic mass is 9.87. The van der Waals surface area contributed by atoms with Crippen molar-refractivity contribution in [2.45, 2.75) is 46.0 Å². The predicted octanol–water partition coefficient (Wildman–Crippen LogP) is 3.90. The van der Waals surface area contributed by atoms with E-state index in [0.29, 0.717) is 24.9 Å². The molecule has 1 aliphatic heterocycles. The Balaban J connectivity index is 2.65. The van der Waals surface area contributed by atoms with Gasteiger partial charge in [0, 0.05) is 6.42 Å². The number of carbonyl (C=O) groups is 1. The normalized spacial score (nSPS) is 15.1. The molecule has 2 nitrogen and oxygen atoms in total. The number of ketones is 1. The molecule has 0 spiro atoms. The van der Waals surface area contributed by atoms with E-state index in [-0.39, 0.29) is 5.78 Å². The fourth-order valence-electron chi connectivity index (χ4n) is 2.36. The first kappa shape index (κ1) is 12.2. The number of hydrogen-bond donors (Lipinski definition) is 0. The molecule has 2 rings (SSSR count). The van der Waals surface area contributed by atoms with Gasteiger partial charge in [0.15, 0.2) is 5.78 Å². The van der Waals surface area contributed by atoms with Gasteiger partial charge in [0.2, 0.25) is 0 Å². The second kappa shape index (κ2) is 4.52. The van der Waals surface area contributed by atoms with Gasteiger partial charge in [-0.05, 0) is 23.0 Å². The largest absolute Gasteiger partial charge is 0.492 e. The van der Waals surface area contributed by atoms with Crippen molar-refractivity contribution in [1.29, 1.82) is 0 Å². The zero-order valence-electron chi connectivity index (χ0n) is 11.0. The maximum absolute atomic E-state index is 12.1. The van der Waals surface area contributed by atoms with Crippen LogP contribution in [-0.4, -0.2) is 12.4 Å². The van der Waals surface area contributed by atoms with E-state index in [9.17, 15) is 4.79 Å². The van der Waals surface area contributed by atoms with Crippen molar-refractivity contribution < 1.29 is 9.53 Å². The van der Waals surface area contributed by atoms with Crippen LogP contribution in [0, 0.1) is 0 Å². The lowest BCUT2D eigenvalue weighted by molar-refractivity contribution is 0.0930. The molecule has 1 aromatic carbocycles. The maximum Gasteiger partial charge on any atom is 0.170 e. The van der Waals surface area contributed by atoms with Gasteiger partial charge in [-0.2, -0.15) is 0 Å². The zero-order valence-corrected chi connectivity index (χ0v) is 11.0. The van der Waals surface area contributed by atoms with Crippen molar-refractivity contribution in [3.8, 4) is 5.75 Å². The fraction of sp³-hybridized carbons (Fsp3) is 0.533. The number of ether oxygens (including phenoxy) is 1. The smallest absolute Gasteiger partial charge is 0.170 e. The molecule has 0 saturated heterocycles. The first-order chi connectivity index (χ1) is 8.02. The van der Waals surface area contributed by atoms with E-state index in [1.54, 1.807) is 0 Å². The first-order valence-corrected chi connectivity index (χ1v) is 6.35. The van der Waals surface area contributed by atoms with Gasteiger partial charge in [0.25, 0.3) is 0 Å². The quantitative estimate of drug-likeness (QED) is 0.773. The molecule has 0 radical (unpaired) electrons. The SMILES string of the molecule is CC(C)c1ccc(C(C)C)c2c1OCCC2=O. The van der Waals surface area contributed by atoms with Gasteiger partial charge in [-0.1, -0.05) is 39.8 Å². The van der Waals surface area contributed by atoms with Crippen LogP contribution in [0.1, 0.15) is 67.4 Å². The molecular weight excluding hydrogens is 212 g/mol. The molecular formula is C15H20O2. The average molecular weight is 232 g/mol. The predicted molar refractivity (Wildman–Crippen MR) is 69.1 cm³/mol. The second-order valence-corrected chi connectivity index (χ2v) is 5.28. The molecule has 92 valence electrons. The Bertz CT molecular complexity index is 444. The standard InChI is InChI=1S/C15H20O2/c1-9(2)11-5-6-12(10(3)4)15-14(11)13(16)7-8-17-15/h5-6,9-10H,7-8H2,1-4H3. The highest BCUT2D eigenvalue weighted by molar-refractivity contribution is 6.01. The minimum absolute atomic E-state index is 0.234. The molecule has 0 amide bonds. The Kier molecular flexibility index (Phi) is 3.23. The van der Waals surface area contributed by atoms with Crippen LogP contribution in [0.4, 0.5) is 0 Å². The topological polar surface area (TPSA) is 26.3 Å². The van der Waals surface area contributed by atoms with Gasteiger partial charge < -0.3 is 4.74 Å². The number of Topliss-reactive ketones (excluding diaryl/α,β-unsaturated/α-hetero) is 1. The highest BCUT2D eigenvalue weighted by atomic mass is 16.5. The summed E-state index contributed by atoms with van der Waals surface area (Å²) in [6, 6.07) is 4.20. The van der Waals surface area contributed by atoms with Crippen LogP contribution in [-0.2, 0) is 0 Å². The number of hydrogen-bond acceptors (Lipinski definition) is 2. The lowest BCUT2D eigenvalue weighted by Gasteiger charge is -2.25. The van der Waals surface area contributed by atoms with Crippen molar-refractivity contribution in [1.82, 2.24) is 0 Å². The Hall–Kier alpha value is -1.31. The van der Waals surface area contributed by atoms with Crippen molar-refractivity contribution in [2.75, 3.05) is 6.61 Å². The average Bonchev–Trinajstić information content (AvgIpc) is 2.27. The first-order valence-electron chi connectivity index (χ1n) is 6.35. The van der Waals surface area contributed by atoms with Gasteiger partial charge >= 0.3 is 0 Å². The van der Waals surface area contributed by atoms with Gasteiger partial charge in [-0.3, -0.25) is 4.79 Å². The molecule has 0 atom stereocenters. The van der Waals surface area contributed by atoms with E-state index in [2.05, 4.69) is 39.8 Å². The van der Waals surface area contributed by atoms with Gasteiger partial charge in [0.05, 0.1) is 12.2 Å². The van der Waals surface area contributed by atoms with E-state index < -0.39 is 0 Å². The van der Waals surface area contributed by atoms with Crippen LogP contribution in [0.25, 0.3) is 0 Å². The summed E-state index contributed by atoms with van der Waals surface area (Å²) in [5, 5.41) is 0. The van der Waals surface area contributed by atoms with Crippen LogP contribution < -0.4 is 4.74 Å². The summed E-state index contributed by atoms with van der Waals surface area (Å²) in [7, 11) is 0. The monoisotopic (exact) mass is 232 g/mol. The molecule has 2 heteroatoms. The van der Waals surface area contributed by atoms with Crippen molar-refractivity contribution >= 4 is 5.78 Å². The van der Waals surface area contributed by atoms with E-state index >= 15 is 0 Å². The minimum atomic E-state index is 0.234. The van der Waals surface area contributed by atoms with Crippen molar-refractivity contribution in [2.24, 2.45) is 0 Å². The number of benzene rings is 1. The highest BCUT2D eigenvalue weighted by Crippen LogP contribution is 2.38. The molecule has 17 heavy (non-hydrogen) atoms. The van der Waals surface area contributed by atoms with Crippen LogP contribution >= 0.6 is 0 Å². The Labute approximate surface area is 103 Å². The van der Waals surface area contributed by atoms with E-state index in [1.165, 1.54) is 0 Å². The highest BCUT2D eigenvalue weighted by Gasteiger charge is 2.26. The number of fused-ring (bicyclic) bond motifs is 1. The molecule has 0 saturated carbocycles. The van der Waals surface area contributed by atoms with Crippen LogP contribution in [0.2, 0.25) is 0 Å². The fourth-order valence-corrected chi connectivity index (χ4v) is 2.36. The van der Waals surface area contributed by atoms with Gasteiger partial charge in [-0.15, -0.1) is 0 Å². The zero-order chi connectivity index (χ0) is 12.6. The van der Waals surface area contributed by atoms with Gasteiger partial charge in [0.1, 0.15) is 5.75 Å². The molecule has 0 unspecified atom stereocenters. The van der Waals surface area contributed by atoms with Crippen LogP contribution in [0.5, 0.6) is 5.75 Å². The number of carbonyl (C=O) groups excluding carboxylic acids is 1. The summed E-state index contributed by atoms with van der Waals surface area (Å²) in [6.45, 7) is 9.02. The van der Waals surface area contributed by atoms with Crippen LogP contribution in [0.3, 0.4) is 0 Å². The van der Waals surface area contributed by atoms with Crippen LogP contribution in [0.15, 0.2) is 12.1 Å². The Morgan fingerprint density at radius 3 is 2.24 bits per heavy atom. The minimum Gasteiger partial charge on any atom is -0.492 e. The summed E-state index contributed by atoms with van der Waals surface area (Å²) in [4.78, 5) is 12.1. The second-order valence-electron chi connectivity index (χ2n) is 5.28. The molecule has 1 aromatic rings. The summed E-state index contributed by atoms with van der Waals surface area (Å²) >= 11 is 0. The van der Waals surface area contributed by atoms with Crippen molar-refractivity contribution in [3.63, 3.8) is 0 Å². The Morgan fingerprint density at radius 2 is 1.65 bits per heavy atom. The summed E-state index contributed by atoms with van der Waals surface area (Å²) in [6.07, 6.45) is 0.508. The molecule has 0 aromatic heterocycles. The summed E-state index contributed by atoms with van der Waals surface area (Å²) < 4.78 is 5.76. The van der Waals surface area contributed by atoms with E-state index in [0.717, 1.165) is 22.4 Å². The van der Waals surface area contributed by atoms with E-state index in [1.807, 2.05) is 0 Å². The Morgan fingerprint density at radius 1 is 1.06 bits per heavy atom. The maximum atomic E-state index is 12.1. The lowest BCUT2D eigenvalue weighted by Crippen LogP contribution is -2.19. The summed E-state index contributed by atoms with van der Waals surface area (Å²) in [5.41, 5.74) is 3.10. The third-order valence-electron chi connectivity index (χ3n) is 3.32. The van der Waals surface area contributed by atoms with Crippen molar-refractivity contribution in [3.05, 3.63) is 28.8 Å². The van der Waals surface area contributed by atoms with Gasteiger partial charge in [-0.25, -0.2) is 0 Å². The molecule has 0 fully saturated rings. The molecule has 0 N–H and O–H groups in total. The number of rotatable bonds is 2.